The topological polar surface area (TPSA) is 43.4 Å². The van der Waals surface area contributed by atoms with Crippen LogP contribution < -0.4 is 0 Å². The summed E-state index contributed by atoms with van der Waals surface area (Å²) >= 11 is 0. The van der Waals surface area contributed by atoms with E-state index in [4.69, 9.17) is 4.18 Å². The number of fused-ring (bicyclic) bond motifs is 5. The number of rotatable bonds is 8. The fraction of sp³-hybridized carbons (Fsp3) is 0.722. The first-order valence-electron chi connectivity index (χ1n) is 16.3. The van der Waals surface area contributed by atoms with Gasteiger partial charge in [0.15, 0.2) is 0 Å². The van der Waals surface area contributed by atoms with Crippen molar-refractivity contribution in [2.24, 2.45) is 52.3 Å². The van der Waals surface area contributed by atoms with Gasteiger partial charge in [-0.2, -0.15) is 8.42 Å². The van der Waals surface area contributed by atoms with Crippen molar-refractivity contribution in [3.05, 3.63) is 53.6 Å². The second kappa shape index (κ2) is 11.4. The highest BCUT2D eigenvalue weighted by molar-refractivity contribution is 7.86. The summed E-state index contributed by atoms with van der Waals surface area (Å²) in [6.45, 7) is 16.6. The molecule has 0 N–H and O–H groups in total. The first-order valence-corrected chi connectivity index (χ1v) is 17.7. The standard InChI is InChI=1S/C36H54O3S/c1-8-27(24(2)3)12-11-26(5)32-17-18-33-31-16-13-28-23-29(39-40(37,38)30-14-9-25(4)10-15-30)19-21-35(28,6)34(31)20-22-36(32,33)7/h9-15,24,26-27,29,31-34H,8,16-23H2,1-7H3/b12-11+/t26-,27+,29?,31+,32-,33+,34+,35+,36-/m1/s1. The van der Waals surface area contributed by atoms with Crippen LogP contribution in [0.25, 0.3) is 0 Å². The van der Waals surface area contributed by atoms with E-state index < -0.39 is 10.1 Å². The van der Waals surface area contributed by atoms with Gasteiger partial charge >= 0.3 is 0 Å². The largest absolute Gasteiger partial charge is 0.297 e. The molecule has 0 aromatic heterocycles. The zero-order valence-corrected chi connectivity index (χ0v) is 27.0. The average molecular weight is 567 g/mol. The van der Waals surface area contributed by atoms with E-state index in [1.807, 2.05) is 19.1 Å². The van der Waals surface area contributed by atoms with E-state index in [9.17, 15) is 8.42 Å². The molecule has 3 fully saturated rings. The summed E-state index contributed by atoms with van der Waals surface area (Å²) < 4.78 is 31.9. The van der Waals surface area contributed by atoms with Crippen LogP contribution in [-0.2, 0) is 14.3 Å². The van der Waals surface area contributed by atoms with Crippen molar-refractivity contribution in [1.82, 2.24) is 0 Å². The normalized spacial score (nSPS) is 37.5. The minimum absolute atomic E-state index is 0.187. The SMILES string of the molecule is CC[C@@H](/C=C/[C@@H](C)[C@H]1CC[C@H]2[C@@H]3CC=C4CC(OS(=O)(=O)c5ccc(C)cc5)CC[C@]4(C)[C@H]3CC[C@]12C)C(C)C. The molecule has 40 heavy (non-hydrogen) atoms. The molecule has 0 spiro atoms. The zero-order chi connectivity index (χ0) is 28.9. The third kappa shape index (κ3) is 5.41. The smallest absolute Gasteiger partial charge is 0.263 e. The molecule has 0 saturated heterocycles. The number of hydrogen-bond donors (Lipinski definition) is 0. The zero-order valence-electron chi connectivity index (χ0n) is 26.2. The lowest BCUT2D eigenvalue weighted by Gasteiger charge is -2.58. The summed E-state index contributed by atoms with van der Waals surface area (Å²) in [6, 6.07) is 7.01. The second-order valence-corrected chi connectivity index (χ2v) is 16.3. The fourth-order valence-electron chi connectivity index (χ4n) is 9.84. The van der Waals surface area contributed by atoms with E-state index in [1.54, 1.807) is 12.1 Å². The molecule has 0 radical (unpaired) electrons. The van der Waals surface area contributed by atoms with Crippen LogP contribution in [0.2, 0.25) is 0 Å². The van der Waals surface area contributed by atoms with Gasteiger partial charge in [-0.25, -0.2) is 0 Å². The molecule has 0 heterocycles. The number of allylic oxidation sites excluding steroid dienone is 3. The van der Waals surface area contributed by atoms with Crippen molar-refractivity contribution in [1.29, 1.82) is 0 Å². The van der Waals surface area contributed by atoms with Crippen molar-refractivity contribution in [2.45, 2.75) is 117 Å². The Labute approximate surface area is 245 Å². The molecule has 4 heteroatoms. The molecule has 1 aromatic rings. The minimum Gasteiger partial charge on any atom is -0.263 e. The van der Waals surface area contributed by atoms with Crippen LogP contribution in [0.3, 0.4) is 0 Å². The Morgan fingerprint density at radius 1 is 0.975 bits per heavy atom. The molecule has 1 aromatic carbocycles. The molecule has 0 bridgehead atoms. The Morgan fingerprint density at radius 2 is 1.70 bits per heavy atom. The third-order valence-corrected chi connectivity index (χ3v) is 13.7. The van der Waals surface area contributed by atoms with E-state index in [2.05, 4.69) is 59.8 Å². The Bertz CT molecular complexity index is 1210. The van der Waals surface area contributed by atoms with Crippen molar-refractivity contribution >= 4 is 10.1 Å². The van der Waals surface area contributed by atoms with Crippen LogP contribution in [-0.4, -0.2) is 14.5 Å². The Hall–Kier alpha value is -1.39. The van der Waals surface area contributed by atoms with Gasteiger partial charge in [0.25, 0.3) is 10.1 Å². The number of aryl methyl sites for hydroxylation is 1. The van der Waals surface area contributed by atoms with Crippen molar-refractivity contribution in [3.8, 4) is 0 Å². The van der Waals surface area contributed by atoms with Gasteiger partial charge in [0.05, 0.1) is 11.0 Å². The molecule has 0 aliphatic heterocycles. The van der Waals surface area contributed by atoms with E-state index in [-0.39, 0.29) is 16.4 Å². The summed E-state index contributed by atoms with van der Waals surface area (Å²) in [5, 5.41) is 0. The predicted octanol–water partition coefficient (Wildman–Crippen LogP) is 9.52. The van der Waals surface area contributed by atoms with Gasteiger partial charge in [-0.15, -0.1) is 0 Å². The maximum absolute atomic E-state index is 13.0. The van der Waals surface area contributed by atoms with Gasteiger partial charge in [0.1, 0.15) is 0 Å². The quantitative estimate of drug-likeness (QED) is 0.232. The van der Waals surface area contributed by atoms with Crippen LogP contribution in [0.1, 0.15) is 105 Å². The van der Waals surface area contributed by atoms with Gasteiger partial charge in [-0.3, -0.25) is 4.18 Å². The first-order chi connectivity index (χ1) is 18.9. The summed E-state index contributed by atoms with van der Waals surface area (Å²) in [5.74, 6) is 5.13. The van der Waals surface area contributed by atoms with Gasteiger partial charge in [0.2, 0.25) is 0 Å². The molecule has 3 nitrogen and oxygen atoms in total. The Balaban J connectivity index is 1.28. The van der Waals surface area contributed by atoms with Crippen molar-refractivity contribution in [3.63, 3.8) is 0 Å². The summed E-state index contributed by atoms with van der Waals surface area (Å²) in [4.78, 5) is 0.268. The Kier molecular flexibility index (Phi) is 8.54. The van der Waals surface area contributed by atoms with Crippen LogP contribution >= 0.6 is 0 Å². The predicted molar refractivity (Wildman–Crippen MR) is 165 cm³/mol. The van der Waals surface area contributed by atoms with E-state index in [0.29, 0.717) is 23.2 Å². The first kappa shape index (κ1) is 30.1. The van der Waals surface area contributed by atoms with Crippen LogP contribution in [0.4, 0.5) is 0 Å². The molecule has 4 aliphatic carbocycles. The van der Waals surface area contributed by atoms with Gasteiger partial charge in [-0.1, -0.05) is 83.0 Å². The van der Waals surface area contributed by atoms with E-state index in [1.165, 1.54) is 37.7 Å². The second-order valence-electron chi connectivity index (χ2n) is 14.8. The van der Waals surface area contributed by atoms with E-state index >= 15 is 0 Å². The molecule has 3 saturated carbocycles. The Morgan fingerprint density at radius 3 is 2.38 bits per heavy atom. The maximum Gasteiger partial charge on any atom is 0.297 e. The van der Waals surface area contributed by atoms with Gasteiger partial charge < -0.3 is 0 Å². The molecular formula is C36H54O3S. The highest BCUT2D eigenvalue weighted by Gasteiger charge is 2.59. The fourth-order valence-corrected chi connectivity index (χ4v) is 10.9. The minimum atomic E-state index is -3.74. The number of benzene rings is 1. The van der Waals surface area contributed by atoms with Crippen molar-refractivity contribution < 1.29 is 12.6 Å². The number of hydrogen-bond acceptors (Lipinski definition) is 3. The summed E-state index contributed by atoms with van der Waals surface area (Å²) in [6.07, 6.45) is 17.8. The molecule has 5 rings (SSSR count). The third-order valence-electron chi connectivity index (χ3n) is 12.3. The lowest BCUT2D eigenvalue weighted by Crippen LogP contribution is -2.51. The molecule has 222 valence electrons. The van der Waals surface area contributed by atoms with Crippen LogP contribution in [0.15, 0.2) is 53.0 Å². The lowest BCUT2D eigenvalue weighted by molar-refractivity contribution is -0.0523. The summed E-state index contributed by atoms with van der Waals surface area (Å²) in [5.41, 5.74) is 3.15. The molecule has 1 unspecified atom stereocenters. The molecule has 4 aliphatic rings. The van der Waals surface area contributed by atoms with E-state index in [0.717, 1.165) is 54.9 Å². The monoisotopic (exact) mass is 566 g/mol. The maximum atomic E-state index is 13.0. The van der Waals surface area contributed by atoms with Gasteiger partial charge in [0, 0.05) is 0 Å². The highest BCUT2D eigenvalue weighted by Crippen LogP contribution is 2.67. The molecule has 0 amide bonds. The average Bonchev–Trinajstić information content (AvgIpc) is 3.26. The molecule has 9 atom stereocenters. The van der Waals surface area contributed by atoms with Crippen LogP contribution in [0.5, 0.6) is 0 Å². The van der Waals surface area contributed by atoms with Crippen molar-refractivity contribution in [2.75, 3.05) is 0 Å². The van der Waals surface area contributed by atoms with Gasteiger partial charge in [-0.05, 0) is 129 Å². The lowest BCUT2D eigenvalue weighted by atomic mass is 9.47. The van der Waals surface area contributed by atoms with Crippen LogP contribution in [0, 0.1) is 59.2 Å². The molecular weight excluding hydrogens is 512 g/mol. The summed E-state index contributed by atoms with van der Waals surface area (Å²) in [7, 11) is -3.74. The highest BCUT2D eigenvalue weighted by atomic mass is 32.2.